The highest BCUT2D eigenvalue weighted by Gasteiger charge is 1.96. The molecule has 0 aromatic carbocycles. The van der Waals surface area contributed by atoms with Gasteiger partial charge in [-0.25, -0.2) is 0 Å². The quantitative estimate of drug-likeness (QED) is 0.519. The molecule has 4 N–H and O–H groups in total. The van der Waals surface area contributed by atoms with Gasteiger partial charge in [0.05, 0.1) is 0 Å². The molecule has 0 heterocycles. The van der Waals surface area contributed by atoms with E-state index in [2.05, 4.69) is 0 Å². The third-order valence-electron chi connectivity index (χ3n) is 1.22. The number of amides is 2. The number of hydrogen-bond donors (Lipinski definition) is 2. The van der Waals surface area contributed by atoms with Gasteiger partial charge in [-0.05, 0) is 12.8 Å². The molecule has 0 unspecified atom stereocenters. The summed E-state index contributed by atoms with van der Waals surface area (Å²) in [5, 5.41) is 0. The number of nitrogens with two attached hydrogens (primary N) is 2. The van der Waals surface area contributed by atoms with E-state index in [1.807, 2.05) is 0 Å². The van der Waals surface area contributed by atoms with Crippen molar-refractivity contribution in [3.63, 3.8) is 0 Å². The van der Waals surface area contributed by atoms with Crippen molar-refractivity contribution in [2.75, 3.05) is 0 Å². The summed E-state index contributed by atoms with van der Waals surface area (Å²) in [7, 11) is 0. The number of carbonyl (C=O) groups is 2. The fourth-order valence-corrected chi connectivity index (χ4v) is 0.688. The van der Waals surface area contributed by atoms with Crippen LogP contribution in [-0.2, 0) is 9.59 Å². The van der Waals surface area contributed by atoms with Gasteiger partial charge < -0.3 is 11.5 Å². The van der Waals surface area contributed by atoms with E-state index in [0.29, 0.717) is 12.8 Å². The van der Waals surface area contributed by atoms with Crippen LogP contribution in [0.25, 0.3) is 0 Å². The van der Waals surface area contributed by atoms with E-state index in [1.54, 1.807) is 0 Å². The summed E-state index contributed by atoms with van der Waals surface area (Å²) < 4.78 is 0. The largest absolute Gasteiger partial charge is 0.370 e. The lowest BCUT2D eigenvalue weighted by Gasteiger charge is -1.95. The highest BCUT2D eigenvalue weighted by Crippen LogP contribution is 2.00. The first-order valence-corrected chi connectivity index (χ1v) is 3.54. The Morgan fingerprint density at radius 3 is 2.27 bits per heavy atom. The molecule has 4 nitrogen and oxygen atoms in total. The maximum Gasteiger partial charge on any atom is 0.221 e. The van der Waals surface area contributed by atoms with Crippen molar-refractivity contribution in [3.05, 3.63) is 6.42 Å². The molecule has 0 rings (SSSR count). The highest BCUT2D eigenvalue weighted by molar-refractivity contribution is 5.82. The van der Waals surface area contributed by atoms with Gasteiger partial charge in [-0.2, -0.15) is 0 Å². The van der Waals surface area contributed by atoms with Gasteiger partial charge in [-0.15, -0.1) is 0 Å². The fraction of sp³-hybridized carbons (Fsp3) is 0.571. The summed E-state index contributed by atoms with van der Waals surface area (Å²) in [6.07, 6.45) is 3.92. The van der Waals surface area contributed by atoms with Crippen LogP contribution in [0.2, 0.25) is 0 Å². The summed E-state index contributed by atoms with van der Waals surface area (Å²) in [5.74, 6) is -0.715. The molecular formula is C7H13N2O2. The first kappa shape index (κ1) is 9.94. The van der Waals surface area contributed by atoms with E-state index in [9.17, 15) is 9.59 Å². The summed E-state index contributed by atoms with van der Waals surface area (Å²) in [6, 6.07) is 0. The fourth-order valence-electron chi connectivity index (χ4n) is 0.688. The molecule has 0 aliphatic heterocycles. The van der Waals surface area contributed by atoms with Gasteiger partial charge in [-0.1, -0.05) is 6.42 Å². The minimum atomic E-state index is -0.413. The van der Waals surface area contributed by atoms with Crippen LogP contribution < -0.4 is 11.5 Å². The van der Waals surface area contributed by atoms with Gasteiger partial charge in [0.25, 0.3) is 0 Å². The van der Waals surface area contributed by atoms with Gasteiger partial charge in [0.1, 0.15) is 0 Å². The normalized spacial score (nSPS) is 9.45. The molecule has 4 heteroatoms. The second-order valence-electron chi connectivity index (χ2n) is 2.32. The van der Waals surface area contributed by atoms with E-state index in [-0.39, 0.29) is 5.91 Å². The predicted molar refractivity (Wildman–Crippen MR) is 41.2 cm³/mol. The molecule has 0 aromatic heterocycles. The number of carbonyl (C=O) groups excluding carboxylic acids is 2. The topological polar surface area (TPSA) is 86.2 Å². The standard InChI is InChI=1S/C7H13N2O2/c8-6(10)4-2-1-3-5-7(9)11/h4H,1-3,5H2,(H2,8,10)(H2,9,11). The van der Waals surface area contributed by atoms with Crippen molar-refractivity contribution >= 4 is 11.8 Å². The van der Waals surface area contributed by atoms with Crippen LogP contribution in [0.3, 0.4) is 0 Å². The average molecular weight is 157 g/mol. The zero-order valence-corrected chi connectivity index (χ0v) is 6.38. The molecule has 2 amide bonds. The molecule has 0 saturated heterocycles. The number of unbranched alkanes of at least 4 members (excludes halogenated alkanes) is 2. The zero-order chi connectivity index (χ0) is 8.69. The van der Waals surface area contributed by atoms with Gasteiger partial charge in [0.15, 0.2) is 0 Å². The maximum absolute atomic E-state index is 10.2. The number of rotatable bonds is 6. The first-order chi connectivity index (χ1) is 5.13. The van der Waals surface area contributed by atoms with E-state index in [0.717, 1.165) is 12.8 Å². The van der Waals surface area contributed by atoms with Crippen LogP contribution in [-0.4, -0.2) is 11.8 Å². The van der Waals surface area contributed by atoms with Crippen LogP contribution in [0, 0.1) is 6.42 Å². The highest BCUT2D eigenvalue weighted by atomic mass is 16.1. The second-order valence-corrected chi connectivity index (χ2v) is 2.32. The van der Waals surface area contributed by atoms with Crippen LogP contribution in [0.5, 0.6) is 0 Å². The van der Waals surface area contributed by atoms with E-state index < -0.39 is 5.91 Å². The summed E-state index contributed by atoms with van der Waals surface area (Å²) >= 11 is 0. The van der Waals surface area contributed by atoms with E-state index in [1.165, 1.54) is 6.42 Å². The van der Waals surface area contributed by atoms with Gasteiger partial charge in [0, 0.05) is 12.8 Å². The monoisotopic (exact) mass is 157 g/mol. The molecule has 0 fully saturated rings. The molecule has 1 radical (unpaired) electrons. The Kier molecular flexibility index (Phi) is 5.15. The molecule has 0 bridgehead atoms. The number of hydrogen-bond acceptors (Lipinski definition) is 2. The third-order valence-corrected chi connectivity index (χ3v) is 1.22. The Morgan fingerprint density at radius 2 is 1.82 bits per heavy atom. The van der Waals surface area contributed by atoms with Crippen molar-refractivity contribution in [3.8, 4) is 0 Å². The Labute approximate surface area is 65.9 Å². The molecule has 0 aliphatic rings. The van der Waals surface area contributed by atoms with Crippen LogP contribution in [0.1, 0.15) is 25.7 Å². The Bertz CT molecular complexity index is 129. The Morgan fingerprint density at radius 1 is 1.18 bits per heavy atom. The SMILES string of the molecule is NC(=O)[CH]CCCCC(N)=O. The molecule has 0 saturated carbocycles. The van der Waals surface area contributed by atoms with E-state index >= 15 is 0 Å². The van der Waals surface area contributed by atoms with Crippen LogP contribution in [0.4, 0.5) is 0 Å². The van der Waals surface area contributed by atoms with Crippen LogP contribution >= 0.6 is 0 Å². The van der Waals surface area contributed by atoms with Crippen molar-refractivity contribution < 1.29 is 9.59 Å². The minimum absolute atomic E-state index is 0.302. The van der Waals surface area contributed by atoms with Gasteiger partial charge >= 0.3 is 0 Å². The minimum Gasteiger partial charge on any atom is -0.370 e. The Balaban J connectivity index is 3.03. The summed E-state index contributed by atoms with van der Waals surface area (Å²) in [5.41, 5.74) is 9.74. The van der Waals surface area contributed by atoms with Crippen molar-refractivity contribution in [1.82, 2.24) is 0 Å². The lowest BCUT2D eigenvalue weighted by Crippen LogP contribution is -2.11. The second kappa shape index (κ2) is 5.70. The lowest BCUT2D eigenvalue weighted by molar-refractivity contribution is -0.118. The smallest absolute Gasteiger partial charge is 0.221 e. The average Bonchev–Trinajstić information content (AvgIpc) is 1.85. The van der Waals surface area contributed by atoms with Gasteiger partial charge in [-0.3, -0.25) is 9.59 Å². The Hall–Kier alpha value is -1.06. The first-order valence-electron chi connectivity index (χ1n) is 3.54. The van der Waals surface area contributed by atoms with Gasteiger partial charge in [0.2, 0.25) is 11.8 Å². The van der Waals surface area contributed by atoms with Crippen molar-refractivity contribution in [1.29, 1.82) is 0 Å². The molecule has 0 spiro atoms. The summed E-state index contributed by atoms with van der Waals surface area (Å²) in [6.45, 7) is 0. The molecule has 11 heavy (non-hydrogen) atoms. The molecular weight excluding hydrogens is 144 g/mol. The maximum atomic E-state index is 10.2. The van der Waals surface area contributed by atoms with E-state index in [4.69, 9.17) is 11.5 Å². The molecule has 0 atom stereocenters. The molecule has 63 valence electrons. The zero-order valence-electron chi connectivity index (χ0n) is 6.38. The molecule has 0 aromatic rings. The summed E-state index contributed by atoms with van der Waals surface area (Å²) in [4.78, 5) is 20.4. The third kappa shape index (κ3) is 8.94. The predicted octanol–water partition coefficient (Wildman–Crippen LogP) is -0.278. The molecule has 0 aliphatic carbocycles. The van der Waals surface area contributed by atoms with Crippen molar-refractivity contribution in [2.24, 2.45) is 11.5 Å². The number of primary amides is 2. The lowest BCUT2D eigenvalue weighted by atomic mass is 10.1. The van der Waals surface area contributed by atoms with Crippen LogP contribution in [0.15, 0.2) is 0 Å². The van der Waals surface area contributed by atoms with Crippen molar-refractivity contribution in [2.45, 2.75) is 25.7 Å².